The van der Waals surface area contributed by atoms with Gasteiger partial charge in [-0.15, -0.1) is 10.2 Å². The van der Waals surface area contributed by atoms with Gasteiger partial charge in [0.05, 0.1) is 11.5 Å². The van der Waals surface area contributed by atoms with Crippen LogP contribution in [-0.2, 0) is 4.79 Å². The van der Waals surface area contributed by atoms with Crippen molar-refractivity contribution in [1.29, 1.82) is 0 Å². The number of thioether (sulfide) groups is 1. The highest BCUT2D eigenvalue weighted by Crippen LogP contribution is 2.30. The minimum absolute atomic E-state index is 0.147. The highest BCUT2D eigenvalue weighted by Gasteiger charge is 2.20. The number of para-hydroxylation sites is 1. The minimum atomic E-state index is -0.422. The van der Waals surface area contributed by atoms with Crippen LogP contribution in [0.5, 0.6) is 0 Å². The number of nitrogens with one attached hydrogen (secondary N) is 1. The largest absolute Gasteiger partial charge is 0.459 e. The molecule has 0 aliphatic rings. The maximum Gasteiger partial charge on any atom is 0.284 e. The summed E-state index contributed by atoms with van der Waals surface area (Å²) in [5, 5.41) is 10.8. The highest BCUT2D eigenvalue weighted by molar-refractivity contribution is 8.00. The van der Waals surface area contributed by atoms with Crippen molar-refractivity contribution in [1.82, 2.24) is 10.2 Å². The molecular weight excluding hydrogens is 374 g/mol. The number of benzene rings is 2. The van der Waals surface area contributed by atoms with Crippen LogP contribution in [0.25, 0.3) is 22.8 Å². The Kier molecular flexibility index (Phi) is 5.25. The Labute approximate surface area is 166 Å². The van der Waals surface area contributed by atoms with E-state index in [1.807, 2.05) is 54.6 Å². The van der Waals surface area contributed by atoms with E-state index in [1.165, 1.54) is 18.0 Å². The summed E-state index contributed by atoms with van der Waals surface area (Å²) in [6.45, 7) is 1.79. The van der Waals surface area contributed by atoms with Crippen molar-refractivity contribution >= 4 is 23.4 Å². The molecule has 0 fully saturated rings. The maximum atomic E-state index is 12.7. The Bertz CT molecular complexity index is 1060. The van der Waals surface area contributed by atoms with Crippen molar-refractivity contribution in [3.8, 4) is 22.8 Å². The number of carbonyl (C=O) groups excluding carboxylic acids is 1. The van der Waals surface area contributed by atoms with Gasteiger partial charge in [-0.25, -0.2) is 0 Å². The molecule has 4 aromatic rings. The third-order valence-corrected chi connectivity index (χ3v) is 4.99. The van der Waals surface area contributed by atoms with Crippen molar-refractivity contribution in [2.75, 3.05) is 5.32 Å². The van der Waals surface area contributed by atoms with E-state index in [1.54, 1.807) is 19.1 Å². The summed E-state index contributed by atoms with van der Waals surface area (Å²) in [5.41, 5.74) is 2.76. The number of carbonyl (C=O) groups is 1. The topological polar surface area (TPSA) is 81.2 Å². The first-order valence-electron chi connectivity index (χ1n) is 8.70. The van der Waals surface area contributed by atoms with Crippen LogP contribution in [0.3, 0.4) is 0 Å². The molecule has 0 radical (unpaired) electrons. The van der Waals surface area contributed by atoms with Crippen molar-refractivity contribution in [3.63, 3.8) is 0 Å². The van der Waals surface area contributed by atoms with Gasteiger partial charge in [0.25, 0.3) is 11.1 Å². The van der Waals surface area contributed by atoms with Crippen molar-refractivity contribution < 1.29 is 13.6 Å². The lowest BCUT2D eigenvalue weighted by Crippen LogP contribution is -2.22. The molecule has 0 aliphatic carbocycles. The zero-order valence-electron chi connectivity index (χ0n) is 15.0. The average Bonchev–Trinajstić information content (AvgIpc) is 3.41. The van der Waals surface area contributed by atoms with E-state index < -0.39 is 5.25 Å². The second kappa shape index (κ2) is 8.14. The van der Waals surface area contributed by atoms with Gasteiger partial charge in [0.1, 0.15) is 0 Å². The molecule has 1 atom stereocenters. The summed E-state index contributed by atoms with van der Waals surface area (Å²) in [4.78, 5) is 12.7. The molecule has 1 amide bonds. The standard InChI is InChI=1S/C21H17N3O3S/c1-14(28-21-24-23-20(27-21)18-12-7-13-26-18)19(25)22-17-11-6-5-10-16(17)15-8-3-2-4-9-15/h2-14H,1H3,(H,22,25). The zero-order valence-corrected chi connectivity index (χ0v) is 15.8. The smallest absolute Gasteiger partial charge is 0.284 e. The first kappa shape index (κ1) is 18.1. The van der Waals surface area contributed by atoms with Crippen LogP contribution in [0, 0.1) is 0 Å². The lowest BCUT2D eigenvalue weighted by Gasteiger charge is -2.13. The summed E-state index contributed by atoms with van der Waals surface area (Å²) in [6.07, 6.45) is 1.53. The number of nitrogens with zero attached hydrogens (tertiary/aromatic N) is 2. The van der Waals surface area contributed by atoms with Crippen molar-refractivity contribution in [2.24, 2.45) is 0 Å². The summed E-state index contributed by atoms with van der Waals surface area (Å²) in [7, 11) is 0. The van der Waals surface area contributed by atoms with Crippen LogP contribution in [0.2, 0.25) is 0 Å². The molecule has 1 N–H and O–H groups in total. The third-order valence-electron chi connectivity index (χ3n) is 4.05. The van der Waals surface area contributed by atoms with Crippen LogP contribution >= 0.6 is 11.8 Å². The molecule has 7 heteroatoms. The van der Waals surface area contributed by atoms with Gasteiger partial charge in [0.15, 0.2) is 5.76 Å². The fourth-order valence-corrected chi connectivity index (χ4v) is 3.34. The number of hydrogen-bond donors (Lipinski definition) is 1. The molecule has 2 aromatic heterocycles. The fourth-order valence-electron chi connectivity index (χ4n) is 2.66. The summed E-state index contributed by atoms with van der Waals surface area (Å²) in [6, 6.07) is 21.1. The lowest BCUT2D eigenvalue weighted by atomic mass is 10.0. The second-order valence-corrected chi connectivity index (χ2v) is 7.30. The molecule has 0 saturated heterocycles. The second-order valence-electron chi connectivity index (χ2n) is 6.01. The molecule has 0 bridgehead atoms. The van der Waals surface area contributed by atoms with Crippen LogP contribution < -0.4 is 5.32 Å². The molecule has 28 heavy (non-hydrogen) atoms. The number of rotatable bonds is 6. The molecule has 140 valence electrons. The molecular formula is C21H17N3O3S. The lowest BCUT2D eigenvalue weighted by molar-refractivity contribution is -0.115. The van der Waals surface area contributed by atoms with Gasteiger partial charge in [0.2, 0.25) is 5.91 Å². The number of amides is 1. The van der Waals surface area contributed by atoms with E-state index >= 15 is 0 Å². The van der Waals surface area contributed by atoms with Gasteiger partial charge in [-0.2, -0.15) is 0 Å². The monoisotopic (exact) mass is 391 g/mol. The Balaban J connectivity index is 1.46. The van der Waals surface area contributed by atoms with Gasteiger partial charge < -0.3 is 14.2 Å². The Hall–Kier alpha value is -3.32. The van der Waals surface area contributed by atoms with E-state index in [-0.39, 0.29) is 11.8 Å². The predicted octanol–water partition coefficient (Wildman–Crippen LogP) is 5.12. The van der Waals surface area contributed by atoms with Crippen LogP contribution in [-0.4, -0.2) is 21.4 Å². The van der Waals surface area contributed by atoms with E-state index in [4.69, 9.17) is 8.83 Å². The Morgan fingerprint density at radius 2 is 1.79 bits per heavy atom. The van der Waals surface area contributed by atoms with Gasteiger partial charge in [-0.1, -0.05) is 60.3 Å². The van der Waals surface area contributed by atoms with Gasteiger partial charge in [-0.3, -0.25) is 4.79 Å². The number of hydrogen-bond acceptors (Lipinski definition) is 6. The normalized spacial score (nSPS) is 11.9. The van der Waals surface area contributed by atoms with Crippen molar-refractivity contribution in [3.05, 3.63) is 73.0 Å². The number of anilines is 1. The van der Waals surface area contributed by atoms with Gasteiger partial charge in [0, 0.05) is 11.3 Å². The average molecular weight is 391 g/mol. The third kappa shape index (κ3) is 3.99. The summed E-state index contributed by atoms with van der Waals surface area (Å²) < 4.78 is 10.8. The summed E-state index contributed by atoms with van der Waals surface area (Å²) in [5.74, 6) is 0.633. The Morgan fingerprint density at radius 1 is 1.00 bits per heavy atom. The molecule has 0 spiro atoms. The number of furan rings is 1. The SMILES string of the molecule is CC(Sc1nnc(-c2ccco2)o1)C(=O)Nc1ccccc1-c1ccccc1. The first-order valence-corrected chi connectivity index (χ1v) is 9.58. The zero-order chi connectivity index (χ0) is 19.3. The molecule has 0 saturated carbocycles. The molecule has 2 aromatic carbocycles. The van der Waals surface area contributed by atoms with E-state index in [0.717, 1.165) is 16.8 Å². The summed E-state index contributed by atoms with van der Waals surface area (Å²) >= 11 is 1.20. The van der Waals surface area contributed by atoms with Crippen LogP contribution in [0.15, 0.2) is 87.1 Å². The maximum absolute atomic E-state index is 12.7. The fraction of sp³-hybridized carbons (Fsp3) is 0.0952. The molecule has 4 rings (SSSR count). The minimum Gasteiger partial charge on any atom is -0.459 e. The van der Waals surface area contributed by atoms with E-state index in [2.05, 4.69) is 15.5 Å². The molecule has 0 aliphatic heterocycles. The van der Waals surface area contributed by atoms with Crippen LogP contribution in [0.4, 0.5) is 5.69 Å². The number of aromatic nitrogens is 2. The van der Waals surface area contributed by atoms with Crippen LogP contribution in [0.1, 0.15) is 6.92 Å². The van der Waals surface area contributed by atoms with E-state index in [0.29, 0.717) is 11.0 Å². The van der Waals surface area contributed by atoms with Gasteiger partial charge >= 0.3 is 0 Å². The van der Waals surface area contributed by atoms with Gasteiger partial charge in [-0.05, 0) is 30.7 Å². The van der Waals surface area contributed by atoms with Crippen molar-refractivity contribution in [2.45, 2.75) is 17.4 Å². The molecule has 6 nitrogen and oxygen atoms in total. The molecule has 1 unspecified atom stereocenters. The Morgan fingerprint density at radius 3 is 2.57 bits per heavy atom. The van der Waals surface area contributed by atoms with E-state index in [9.17, 15) is 4.79 Å². The quantitative estimate of drug-likeness (QED) is 0.460. The predicted molar refractivity (Wildman–Crippen MR) is 108 cm³/mol. The highest BCUT2D eigenvalue weighted by atomic mass is 32.2. The first-order chi connectivity index (χ1) is 13.7. The molecule has 2 heterocycles.